The van der Waals surface area contributed by atoms with Gasteiger partial charge in [0.05, 0.1) is 22.7 Å². The van der Waals surface area contributed by atoms with Gasteiger partial charge in [0.25, 0.3) is 5.91 Å². The van der Waals surface area contributed by atoms with Gasteiger partial charge in [-0.15, -0.1) is 0 Å². The van der Waals surface area contributed by atoms with Gasteiger partial charge in [-0.05, 0) is 38.0 Å². The van der Waals surface area contributed by atoms with E-state index in [9.17, 15) is 9.59 Å². The minimum atomic E-state index is -0.385. The van der Waals surface area contributed by atoms with Crippen molar-refractivity contribution in [2.24, 2.45) is 5.92 Å². The van der Waals surface area contributed by atoms with Crippen LogP contribution in [0.4, 0.5) is 5.95 Å². The molecule has 8 heteroatoms. The van der Waals surface area contributed by atoms with Crippen LogP contribution in [0.2, 0.25) is 0 Å². The molecule has 0 bridgehead atoms. The second-order valence-electron chi connectivity index (χ2n) is 8.72. The van der Waals surface area contributed by atoms with Crippen molar-refractivity contribution in [3.63, 3.8) is 0 Å². The third-order valence-electron chi connectivity index (χ3n) is 6.23. The molecular formula is C27H26N6O2. The fraction of sp³-hybridized carbons (Fsp3) is 0.222. The van der Waals surface area contributed by atoms with Crippen LogP contribution in [0.1, 0.15) is 28.8 Å². The lowest BCUT2D eigenvalue weighted by Crippen LogP contribution is -2.49. The number of nitrogens with zero attached hydrogens (tertiary/aromatic N) is 4. The third kappa shape index (κ3) is 4.96. The van der Waals surface area contributed by atoms with Crippen molar-refractivity contribution in [2.45, 2.75) is 19.8 Å². The Morgan fingerprint density at radius 3 is 2.54 bits per heavy atom. The molecule has 1 aliphatic heterocycles. The van der Waals surface area contributed by atoms with Crippen LogP contribution in [0.15, 0.2) is 73.1 Å². The Labute approximate surface area is 203 Å². The average Bonchev–Trinajstić information content (AvgIpc) is 2.92. The van der Waals surface area contributed by atoms with Gasteiger partial charge < -0.3 is 4.90 Å². The van der Waals surface area contributed by atoms with Crippen LogP contribution in [0.25, 0.3) is 22.2 Å². The van der Waals surface area contributed by atoms with Crippen LogP contribution in [-0.4, -0.2) is 39.9 Å². The van der Waals surface area contributed by atoms with Crippen LogP contribution in [-0.2, 0) is 4.79 Å². The zero-order valence-electron chi connectivity index (χ0n) is 19.4. The molecule has 0 saturated carbocycles. The first-order valence-corrected chi connectivity index (χ1v) is 11.7. The number of fused-ring (bicyclic) bond motifs is 1. The Kier molecular flexibility index (Phi) is 6.34. The highest BCUT2D eigenvalue weighted by molar-refractivity contribution is 6.07. The zero-order valence-corrected chi connectivity index (χ0v) is 19.4. The highest BCUT2D eigenvalue weighted by atomic mass is 16.2. The summed E-state index contributed by atoms with van der Waals surface area (Å²) in [7, 11) is 0. The van der Waals surface area contributed by atoms with Gasteiger partial charge in [0.1, 0.15) is 0 Å². The summed E-state index contributed by atoms with van der Waals surface area (Å²) in [5.41, 5.74) is 9.18. The van der Waals surface area contributed by atoms with Crippen LogP contribution in [0.3, 0.4) is 0 Å². The van der Waals surface area contributed by atoms with Crippen LogP contribution < -0.4 is 15.8 Å². The lowest BCUT2D eigenvalue weighted by molar-refractivity contribution is -0.126. The second kappa shape index (κ2) is 9.89. The van der Waals surface area contributed by atoms with Gasteiger partial charge in [0.15, 0.2) is 0 Å². The molecule has 0 unspecified atom stereocenters. The van der Waals surface area contributed by atoms with Gasteiger partial charge in [-0.1, -0.05) is 48.0 Å². The molecule has 1 saturated heterocycles. The zero-order chi connectivity index (χ0) is 24.2. The summed E-state index contributed by atoms with van der Waals surface area (Å²) in [6.07, 6.45) is 4.96. The van der Waals surface area contributed by atoms with Crippen molar-refractivity contribution in [3.8, 4) is 11.3 Å². The predicted octanol–water partition coefficient (Wildman–Crippen LogP) is 3.68. The number of hydrogen-bond acceptors (Lipinski definition) is 6. The van der Waals surface area contributed by atoms with E-state index in [2.05, 4.69) is 20.8 Å². The predicted molar refractivity (Wildman–Crippen MR) is 134 cm³/mol. The molecule has 35 heavy (non-hydrogen) atoms. The number of carbonyl (C=O) groups is 2. The quantitative estimate of drug-likeness (QED) is 0.445. The minimum Gasteiger partial charge on any atom is -0.340 e. The fourth-order valence-corrected chi connectivity index (χ4v) is 4.35. The Balaban J connectivity index is 1.32. The molecule has 1 atom stereocenters. The molecule has 1 fully saturated rings. The van der Waals surface area contributed by atoms with E-state index in [4.69, 9.17) is 4.98 Å². The number of carbonyl (C=O) groups excluding carboxylic acids is 2. The standard InChI is InChI=1S/C27H26N6O2/c1-18-9-11-19(12-10-18)24-16-22(21-7-2-3-8-23(21)30-24)26(35)32-31-25(34)20-6-4-15-33(17-20)27-28-13-5-14-29-27/h2-3,5,7-14,16,20H,4,6,15,17H2,1H3,(H,31,34)(H,32,35)/t20-/m0/s1. The van der Waals surface area contributed by atoms with E-state index < -0.39 is 0 Å². The highest BCUT2D eigenvalue weighted by Crippen LogP contribution is 2.25. The van der Waals surface area contributed by atoms with E-state index in [-0.39, 0.29) is 17.7 Å². The monoisotopic (exact) mass is 466 g/mol. The van der Waals surface area contributed by atoms with Crippen molar-refractivity contribution in [1.29, 1.82) is 0 Å². The molecule has 2 aromatic heterocycles. The van der Waals surface area contributed by atoms with Gasteiger partial charge in [0, 0.05) is 36.4 Å². The number of para-hydroxylation sites is 1. The van der Waals surface area contributed by atoms with E-state index in [1.807, 2.05) is 60.4 Å². The Bertz CT molecular complexity index is 1360. The fourth-order valence-electron chi connectivity index (χ4n) is 4.35. The maximum absolute atomic E-state index is 13.2. The van der Waals surface area contributed by atoms with Crippen molar-refractivity contribution in [3.05, 3.63) is 84.2 Å². The smallest absolute Gasteiger partial charge is 0.270 e. The van der Waals surface area contributed by atoms with Crippen molar-refractivity contribution >= 4 is 28.7 Å². The molecule has 2 aromatic carbocycles. The number of rotatable bonds is 4. The second-order valence-corrected chi connectivity index (χ2v) is 8.72. The summed E-state index contributed by atoms with van der Waals surface area (Å²) >= 11 is 0. The highest BCUT2D eigenvalue weighted by Gasteiger charge is 2.27. The first-order chi connectivity index (χ1) is 17.1. The third-order valence-corrected chi connectivity index (χ3v) is 6.23. The molecule has 2 N–H and O–H groups in total. The van der Waals surface area contributed by atoms with Gasteiger partial charge in [0.2, 0.25) is 11.9 Å². The first kappa shape index (κ1) is 22.5. The number of aromatic nitrogens is 3. The van der Waals surface area contributed by atoms with Crippen LogP contribution in [0, 0.1) is 12.8 Å². The molecule has 3 heterocycles. The summed E-state index contributed by atoms with van der Waals surface area (Å²) in [6, 6.07) is 19.0. The van der Waals surface area contributed by atoms with Crippen molar-refractivity contribution in [2.75, 3.05) is 18.0 Å². The molecular weight excluding hydrogens is 440 g/mol. The summed E-state index contributed by atoms with van der Waals surface area (Å²) in [5.74, 6) is -0.272. The number of anilines is 1. The number of nitrogens with one attached hydrogen (secondary N) is 2. The maximum atomic E-state index is 13.2. The normalized spacial score (nSPS) is 15.6. The number of hydrogen-bond donors (Lipinski definition) is 2. The van der Waals surface area contributed by atoms with Gasteiger partial charge in [-0.2, -0.15) is 0 Å². The Hall–Kier alpha value is -4.33. The topological polar surface area (TPSA) is 100 Å². The van der Waals surface area contributed by atoms with Crippen LogP contribution >= 0.6 is 0 Å². The molecule has 176 valence electrons. The first-order valence-electron chi connectivity index (χ1n) is 11.7. The number of amides is 2. The minimum absolute atomic E-state index is 0.226. The average molecular weight is 467 g/mol. The summed E-state index contributed by atoms with van der Waals surface area (Å²) < 4.78 is 0. The lowest BCUT2D eigenvalue weighted by atomic mass is 9.97. The van der Waals surface area contributed by atoms with Gasteiger partial charge >= 0.3 is 0 Å². The van der Waals surface area contributed by atoms with Crippen molar-refractivity contribution in [1.82, 2.24) is 25.8 Å². The maximum Gasteiger partial charge on any atom is 0.270 e. The summed E-state index contributed by atoms with van der Waals surface area (Å²) in [5, 5.41) is 0.722. The van der Waals surface area contributed by atoms with Gasteiger partial charge in [-0.25, -0.2) is 15.0 Å². The molecule has 4 aromatic rings. The number of benzene rings is 2. The Morgan fingerprint density at radius 2 is 1.74 bits per heavy atom. The van der Waals surface area contributed by atoms with Crippen molar-refractivity contribution < 1.29 is 9.59 Å². The molecule has 1 aliphatic rings. The molecule has 0 spiro atoms. The number of aryl methyl sites for hydroxylation is 1. The van der Waals surface area contributed by atoms with Gasteiger partial charge in [-0.3, -0.25) is 20.4 Å². The lowest BCUT2D eigenvalue weighted by Gasteiger charge is -2.31. The molecule has 0 aliphatic carbocycles. The molecule has 0 radical (unpaired) electrons. The Morgan fingerprint density at radius 1 is 0.971 bits per heavy atom. The number of piperidine rings is 1. The largest absolute Gasteiger partial charge is 0.340 e. The number of pyridine rings is 1. The van der Waals surface area contributed by atoms with E-state index in [0.29, 0.717) is 29.3 Å². The van der Waals surface area contributed by atoms with Crippen LogP contribution in [0.5, 0.6) is 0 Å². The van der Waals surface area contributed by atoms with E-state index in [1.54, 1.807) is 24.5 Å². The molecule has 5 rings (SSSR count). The summed E-state index contributed by atoms with van der Waals surface area (Å²) in [4.78, 5) is 41.4. The molecule has 8 nitrogen and oxygen atoms in total. The van der Waals surface area contributed by atoms with E-state index >= 15 is 0 Å². The SMILES string of the molecule is Cc1ccc(-c2cc(C(=O)NNC(=O)[C@H]3CCCN(c4ncccn4)C3)c3ccccc3n2)cc1. The molecule has 2 amide bonds. The van der Waals surface area contributed by atoms with E-state index in [1.165, 1.54) is 0 Å². The summed E-state index contributed by atoms with van der Waals surface area (Å²) in [6.45, 7) is 3.32. The van der Waals surface area contributed by atoms with E-state index in [0.717, 1.165) is 35.9 Å². The number of hydrazine groups is 1.